The molecule has 2 aromatic rings. The van der Waals surface area contributed by atoms with E-state index < -0.39 is 0 Å². The van der Waals surface area contributed by atoms with Gasteiger partial charge in [-0.2, -0.15) is 0 Å². The molecule has 0 bridgehead atoms. The number of halogens is 1. The minimum atomic E-state index is 0. The SMILES string of the molecule is CN=C(NCc1ncc(C)c(OC)c1C)NCC1CCCN1Cc1ccccc1.I. The van der Waals surface area contributed by atoms with Crippen LogP contribution in [0.2, 0.25) is 0 Å². The van der Waals surface area contributed by atoms with E-state index in [-0.39, 0.29) is 24.0 Å². The molecule has 0 radical (unpaired) electrons. The first-order chi connectivity index (χ1) is 14.1. The summed E-state index contributed by atoms with van der Waals surface area (Å²) in [4.78, 5) is 11.5. The van der Waals surface area contributed by atoms with Gasteiger partial charge in [0.25, 0.3) is 0 Å². The van der Waals surface area contributed by atoms with Crippen molar-refractivity contribution in [2.24, 2.45) is 4.99 Å². The number of ether oxygens (including phenoxy) is 1. The van der Waals surface area contributed by atoms with Gasteiger partial charge >= 0.3 is 0 Å². The number of methoxy groups -OCH3 is 1. The fourth-order valence-electron chi connectivity index (χ4n) is 4.00. The summed E-state index contributed by atoms with van der Waals surface area (Å²) < 4.78 is 5.51. The predicted octanol–water partition coefficient (Wildman–Crippen LogP) is 3.65. The Balaban J connectivity index is 0.00000320. The van der Waals surface area contributed by atoms with Crippen LogP contribution >= 0.6 is 24.0 Å². The second-order valence-electron chi connectivity index (χ2n) is 7.60. The van der Waals surface area contributed by atoms with Crippen molar-refractivity contribution in [3.8, 4) is 5.75 Å². The van der Waals surface area contributed by atoms with Crippen LogP contribution in [0, 0.1) is 13.8 Å². The molecule has 1 aliphatic heterocycles. The molecule has 3 rings (SSSR count). The molecule has 1 aromatic carbocycles. The number of aromatic nitrogens is 1. The van der Waals surface area contributed by atoms with E-state index in [0.717, 1.165) is 48.2 Å². The fraction of sp³-hybridized carbons (Fsp3) is 0.478. The molecule has 0 amide bonds. The van der Waals surface area contributed by atoms with Gasteiger partial charge in [0.05, 0.1) is 19.3 Å². The van der Waals surface area contributed by atoms with E-state index in [1.54, 1.807) is 7.11 Å². The minimum Gasteiger partial charge on any atom is -0.496 e. The minimum absolute atomic E-state index is 0. The number of guanidine groups is 1. The largest absolute Gasteiger partial charge is 0.496 e. The summed E-state index contributed by atoms with van der Waals surface area (Å²) in [5.74, 6) is 1.71. The summed E-state index contributed by atoms with van der Waals surface area (Å²) in [6.07, 6.45) is 4.32. The van der Waals surface area contributed by atoms with Gasteiger partial charge in [0, 0.05) is 43.5 Å². The Hall–Kier alpha value is -1.87. The second kappa shape index (κ2) is 12.1. The average molecular weight is 523 g/mol. The third-order valence-corrected chi connectivity index (χ3v) is 5.63. The van der Waals surface area contributed by atoms with Crippen molar-refractivity contribution in [1.29, 1.82) is 0 Å². The molecule has 164 valence electrons. The van der Waals surface area contributed by atoms with Crippen LogP contribution in [-0.2, 0) is 13.1 Å². The first-order valence-corrected chi connectivity index (χ1v) is 10.3. The molecule has 6 nitrogen and oxygen atoms in total. The molecule has 0 aliphatic carbocycles. The number of nitrogens with zero attached hydrogens (tertiary/aromatic N) is 3. The lowest BCUT2D eigenvalue weighted by Crippen LogP contribution is -2.44. The van der Waals surface area contributed by atoms with Crippen LogP contribution in [0.15, 0.2) is 41.5 Å². The lowest BCUT2D eigenvalue weighted by Gasteiger charge is -2.25. The maximum absolute atomic E-state index is 5.51. The van der Waals surface area contributed by atoms with Crippen molar-refractivity contribution in [1.82, 2.24) is 20.5 Å². The Morgan fingerprint density at radius 3 is 2.70 bits per heavy atom. The highest BCUT2D eigenvalue weighted by atomic mass is 127. The predicted molar refractivity (Wildman–Crippen MR) is 134 cm³/mol. The van der Waals surface area contributed by atoms with Crippen molar-refractivity contribution in [3.05, 3.63) is 58.9 Å². The molecule has 0 saturated carbocycles. The highest BCUT2D eigenvalue weighted by molar-refractivity contribution is 14.0. The molecule has 1 fully saturated rings. The lowest BCUT2D eigenvalue weighted by molar-refractivity contribution is 0.245. The van der Waals surface area contributed by atoms with E-state index in [2.05, 4.69) is 55.8 Å². The van der Waals surface area contributed by atoms with Gasteiger partial charge in [-0.1, -0.05) is 30.3 Å². The Bertz CT molecular complexity index is 828. The van der Waals surface area contributed by atoms with Crippen LogP contribution in [0.4, 0.5) is 0 Å². The van der Waals surface area contributed by atoms with Crippen molar-refractivity contribution in [2.45, 2.75) is 45.8 Å². The van der Waals surface area contributed by atoms with Crippen LogP contribution in [0.1, 0.15) is 35.2 Å². The summed E-state index contributed by atoms with van der Waals surface area (Å²) in [6, 6.07) is 11.2. The Morgan fingerprint density at radius 1 is 1.23 bits per heavy atom. The molecule has 1 aromatic heterocycles. The van der Waals surface area contributed by atoms with Crippen LogP contribution in [-0.4, -0.2) is 49.1 Å². The first kappa shape index (κ1) is 24.4. The summed E-state index contributed by atoms with van der Waals surface area (Å²) in [5.41, 5.74) is 4.47. The van der Waals surface area contributed by atoms with Crippen molar-refractivity contribution in [2.75, 3.05) is 27.2 Å². The zero-order valence-electron chi connectivity index (χ0n) is 18.4. The normalized spacial score (nSPS) is 16.8. The van der Waals surface area contributed by atoms with Gasteiger partial charge in [0.15, 0.2) is 5.96 Å². The van der Waals surface area contributed by atoms with Crippen molar-refractivity contribution < 1.29 is 4.74 Å². The van der Waals surface area contributed by atoms with Gasteiger partial charge in [-0.15, -0.1) is 24.0 Å². The van der Waals surface area contributed by atoms with Crippen molar-refractivity contribution >= 4 is 29.9 Å². The number of aliphatic imine (C=N–C) groups is 1. The number of pyridine rings is 1. The highest BCUT2D eigenvalue weighted by Crippen LogP contribution is 2.23. The van der Waals surface area contributed by atoms with E-state index >= 15 is 0 Å². The van der Waals surface area contributed by atoms with E-state index in [4.69, 9.17) is 4.74 Å². The molecule has 7 heteroatoms. The molecular formula is C23H34IN5O. The van der Waals surface area contributed by atoms with Gasteiger partial charge < -0.3 is 15.4 Å². The Labute approximate surface area is 197 Å². The molecule has 1 unspecified atom stereocenters. The third-order valence-electron chi connectivity index (χ3n) is 5.63. The Kier molecular flexibility index (Phi) is 9.84. The topological polar surface area (TPSA) is 61.8 Å². The van der Waals surface area contributed by atoms with E-state index in [1.165, 1.54) is 18.4 Å². The molecule has 2 N–H and O–H groups in total. The number of hydrogen-bond donors (Lipinski definition) is 2. The zero-order chi connectivity index (χ0) is 20.6. The molecule has 1 atom stereocenters. The van der Waals surface area contributed by atoms with Gasteiger partial charge in [-0.25, -0.2) is 0 Å². The molecule has 30 heavy (non-hydrogen) atoms. The van der Waals surface area contributed by atoms with Gasteiger partial charge in [-0.3, -0.25) is 14.9 Å². The van der Waals surface area contributed by atoms with E-state index in [1.807, 2.05) is 27.1 Å². The number of hydrogen-bond acceptors (Lipinski definition) is 4. The van der Waals surface area contributed by atoms with E-state index in [0.29, 0.717) is 12.6 Å². The molecule has 1 aliphatic rings. The highest BCUT2D eigenvalue weighted by Gasteiger charge is 2.24. The Morgan fingerprint density at radius 2 is 2.00 bits per heavy atom. The van der Waals surface area contributed by atoms with Crippen LogP contribution in [0.3, 0.4) is 0 Å². The van der Waals surface area contributed by atoms with Gasteiger partial charge in [-0.05, 0) is 38.8 Å². The number of nitrogens with one attached hydrogen (secondary N) is 2. The average Bonchev–Trinajstić information content (AvgIpc) is 3.17. The lowest BCUT2D eigenvalue weighted by atomic mass is 10.1. The summed E-state index contributed by atoms with van der Waals surface area (Å²) in [6.45, 7) is 7.72. The number of aryl methyl sites for hydroxylation is 1. The molecule has 0 spiro atoms. The van der Waals surface area contributed by atoms with Crippen molar-refractivity contribution in [3.63, 3.8) is 0 Å². The van der Waals surface area contributed by atoms with Gasteiger partial charge in [0.1, 0.15) is 5.75 Å². The first-order valence-electron chi connectivity index (χ1n) is 10.3. The quantitative estimate of drug-likeness (QED) is 0.330. The van der Waals surface area contributed by atoms with Crippen LogP contribution in [0.5, 0.6) is 5.75 Å². The summed E-state index contributed by atoms with van der Waals surface area (Å²) >= 11 is 0. The second-order valence-corrected chi connectivity index (χ2v) is 7.60. The standard InChI is InChI=1S/C23H33N5O.HI/c1-17-13-25-21(18(2)22(17)29-4)15-27-23(24-3)26-14-20-11-8-12-28(20)16-19-9-6-5-7-10-19;/h5-7,9-10,13,20H,8,11-12,14-16H2,1-4H3,(H2,24,26,27);1H. The summed E-state index contributed by atoms with van der Waals surface area (Å²) in [5, 5.41) is 6.88. The molecule has 1 saturated heterocycles. The molecular weight excluding hydrogens is 489 g/mol. The van der Waals surface area contributed by atoms with Crippen LogP contribution < -0.4 is 15.4 Å². The van der Waals surface area contributed by atoms with Crippen LogP contribution in [0.25, 0.3) is 0 Å². The maximum Gasteiger partial charge on any atom is 0.191 e. The molecule has 2 heterocycles. The fourth-order valence-corrected chi connectivity index (χ4v) is 4.00. The third kappa shape index (κ3) is 6.31. The number of likely N-dealkylation sites (tertiary alicyclic amines) is 1. The van der Waals surface area contributed by atoms with E-state index in [9.17, 15) is 0 Å². The number of benzene rings is 1. The maximum atomic E-state index is 5.51. The zero-order valence-corrected chi connectivity index (χ0v) is 20.8. The summed E-state index contributed by atoms with van der Waals surface area (Å²) in [7, 11) is 3.51. The van der Waals surface area contributed by atoms with Gasteiger partial charge in [0.2, 0.25) is 0 Å². The smallest absolute Gasteiger partial charge is 0.191 e. The number of rotatable bonds is 7. The monoisotopic (exact) mass is 523 g/mol.